The number of methoxy groups -OCH3 is 1. The van der Waals surface area contributed by atoms with E-state index in [4.69, 9.17) is 14.2 Å². The predicted octanol–water partition coefficient (Wildman–Crippen LogP) is 5.03. The molecule has 0 spiro atoms. The van der Waals surface area contributed by atoms with Gasteiger partial charge in [-0.05, 0) is 58.8 Å². The van der Waals surface area contributed by atoms with E-state index in [0.29, 0.717) is 23.7 Å². The minimum absolute atomic E-state index is 0.180. The van der Waals surface area contributed by atoms with Crippen LogP contribution in [0.2, 0.25) is 0 Å². The summed E-state index contributed by atoms with van der Waals surface area (Å²) in [6, 6.07) is 19.5. The lowest BCUT2D eigenvalue weighted by Gasteiger charge is -2.13. The van der Waals surface area contributed by atoms with Gasteiger partial charge < -0.3 is 14.2 Å². The van der Waals surface area contributed by atoms with Crippen molar-refractivity contribution in [3.8, 4) is 11.5 Å². The highest BCUT2D eigenvalue weighted by molar-refractivity contribution is 8.18. The summed E-state index contributed by atoms with van der Waals surface area (Å²) >= 11 is 0.782. The van der Waals surface area contributed by atoms with Gasteiger partial charge in [0.1, 0.15) is 13.2 Å². The zero-order valence-electron chi connectivity index (χ0n) is 18.8. The van der Waals surface area contributed by atoms with Crippen LogP contribution in [0.1, 0.15) is 18.1 Å². The molecule has 1 aliphatic heterocycles. The Labute approximate surface area is 201 Å². The van der Waals surface area contributed by atoms with E-state index in [1.807, 2.05) is 24.3 Å². The molecule has 1 heterocycles. The molecular formula is C26H23NO6S. The lowest BCUT2D eigenvalue weighted by atomic mass is 10.1. The highest BCUT2D eigenvalue weighted by Gasteiger charge is 2.36. The van der Waals surface area contributed by atoms with Crippen molar-refractivity contribution < 1.29 is 28.6 Å². The van der Waals surface area contributed by atoms with Gasteiger partial charge in [0.05, 0.1) is 18.6 Å². The molecule has 3 aromatic carbocycles. The number of esters is 1. The summed E-state index contributed by atoms with van der Waals surface area (Å²) < 4.78 is 16.4. The molecule has 1 saturated heterocycles. The van der Waals surface area contributed by atoms with Crippen molar-refractivity contribution in [1.29, 1.82) is 0 Å². The van der Waals surface area contributed by atoms with Crippen LogP contribution in [0.15, 0.2) is 65.6 Å². The molecule has 1 aliphatic rings. The normalized spacial score (nSPS) is 14.6. The van der Waals surface area contributed by atoms with E-state index in [9.17, 15) is 14.4 Å². The quantitative estimate of drug-likeness (QED) is 0.333. The molecule has 2 amide bonds. The Kier molecular flexibility index (Phi) is 7.18. The molecular weight excluding hydrogens is 454 g/mol. The Balaban J connectivity index is 1.50. The van der Waals surface area contributed by atoms with Crippen LogP contribution in [0.5, 0.6) is 11.5 Å². The SMILES string of the molecule is CCOC(=O)CN1C(=O)S/C(=C/c2ccc(OCc3cccc4ccccc34)c(OC)c2)C1=O. The summed E-state index contributed by atoms with van der Waals surface area (Å²) in [5, 5.41) is 1.76. The number of nitrogens with zero attached hydrogens (tertiary/aromatic N) is 1. The number of carbonyl (C=O) groups is 3. The number of imide groups is 1. The summed E-state index contributed by atoms with van der Waals surface area (Å²) in [5.74, 6) is -0.0959. The van der Waals surface area contributed by atoms with Crippen LogP contribution >= 0.6 is 11.8 Å². The number of benzene rings is 3. The number of hydrogen-bond acceptors (Lipinski definition) is 7. The Bertz CT molecular complexity index is 1280. The van der Waals surface area contributed by atoms with E-state index in [0.717, 1.165) is 33.0 Å². The fraction of sp³-hybridized carbons (Fsp3) is 0.192. The van der Waals surface area contributed by atoms with Crippen molar-refractivity contribution in [2.24, 2.45) is 0 Å². The molecule has 3 aromatic rings. The van der Waals surface area contributed by atoms with Crippen LogP contribution in [0.25, 0.3) is 16.8 Å². The molecule has 0 aliphatic carbocycles. The second-order valence-electron chi connectivity index (χ2n) is 7.41. The number of amides is 2. The van der Waals surface area contributed by atoms with Gasteiger partial charge in [0.15, 0.2) is 11.5 Å². The average Bonchev–Trinajstić information content (AvgIpc) is 3.10. The molecule has 34 heavy (non-hydrogen) atoms. The van der Waals surface area contributed by atoms with E-state index >= 15 is 0 Å². The summed E-state index contributed by atoms with van der Waals surface area (Å²) in [5.41, 5.74) is 1.72. The van der Waals surface area contributed by atoms with E-state index < -0.39 is 23.7 Å². The maximum atomic E-state index is 12.6. The summed E-state index contributed by atoms with van der Waals surface area (Å²) in [6.07, 6.45) is 1.59. The maximum absolute atomic E-state index is 12.6. The largest absolute Gasteiger partial charge is 0.493 e. The van der Waals surface area contributed by atoms with Gasteiger partial charge >= 0.3 is 5.97 Å². The van der Waals surface area contributed by atoms with E-state index in [-0.39, 0.29) is 11.5 Å². The monoisotopic (exact) mass is 477 g/mol. The van der Waals surface area contributed by atoms with Crippen molar-refractivity contribution in [2.75, 3.05) is 20.3 Å². The number of thioether (sulfide) groups is 1. The molecule has 1 fully saturated rings. The molecule has 0 atom stereocenters. The molecule has 0 radical (unpaired) electrons. The summed E-state index contributed by atoms with van der Waals surface area (Å²) in [7, 11) is 1.54. The first-order valence-corrected chi connectivity index (χ1v) is 11.5. The average molecular weight is 478 g/mol. The van der Waals surface area contributed by atoms with E-state index in [1.165, 1.54) is 7.11 Å². The van der Waals surface area contributed by atoms with Gasteiger partial charge in [-0.2, -0.15) is 0 Å². The van der Waals surface area contributed by atoms with Gasteiger partial charge in [0, 0.05) is 0 Å². The molecule has 0 aromatic heterocycles. The first-order valence-electron chi connectivity index (χ1n) is 10.7. The zero-order valence-corrected chi connectivity index (χ0v) is 19.6. The molecule has 8 heteroatoms. The summed E-state index contributed by atoms with van der Waals surface area (Å²) in [4.78, 5) is 37.6. The fourth-order valence-electron chi connectivity index (χ4n) is 3.59. The lowest BCUT2D eigenvalue weighted by Crippen LogP contribution is -2.34. The van der Waals surface area contributed by atoms with Gasteiger partial charge in [-0.1, -0.05) is 48.5 Å². The third-order valence-electron chi connectivity index (χ3n) is 5.21. The van der Waals surface area contributed by atoms with E-state index in [2.05, 4.69) is 18.2 Å². The maximum Gasteiger partial charge on any atom is 0.326 e. The van der Waals surface area contributed by atoms with Crippen molar-refractivity contribution in [3.63, 3.8) is 0 Å². The van der Waals surface area contributed by atoms with Crippen molar-refractivity contribution >= 4 is 45.7 Å². The number of rotatable bonds is 8. The highest BCUT2D eigenvalue weighted by atomic mass is 32.2. The predicted molar refractivity (Wildman–Crippen MR) is 131 cm³/mol. The smallest absolute Gasteiger partial charge is 0.326 e. The third-order valence-corrected chi connectivity index (χ3v) is 6.12. The Morgan fingerprint density at radius 3 is 2.62 bits per heavy atom. The molecule has 174 valence electrons. The van der Waals surface area contributed by atoms with Gasteiger partial charge in [-0.15, -0.1) is 0 Å². The second-order valence-corrected chi connectivity index (χ2v) is 8.40. The molecule has 0 saturated carbocycles. The first-order chi connectivity index (χ1) is 16.5. The van der Waals surface area contributed by atoms with Crippen LogP contribution < -0.4 is 9.47 Å². The topological polar surface area (TPSA) is 82.1 Å². The molecule has 0 unspecified atom stereocenters. The molecule has 0 N–H and O–H groups in total. The fourth-order valence-corrected chi connectivity index (χ4v) is 4.43. The second kappa shape index (κ2) is 10.4. The molecule has 0 bridgehead atoms. The third kappa shape index (κ3) is 5.07. The van der Waals surface area contributed by atoms with Gasteiger partial charge in [-0.3, -0.25) is 19.3 Å². The van der Waals surface area contributed by atoms with Gasteiger partial charge in [0.25, 0.3) is 11.1 Å². The van der Waals surface area contributed by atoms with Gasteiger partial charge in [-0.25, -0.2) is 0 Å². The van der Waals surface area contributed by atoms with Crippen LogP contribution in [-0.4, -0.2) is 42.3 Å². The lowest BCUT2D eigenvalue weighted by molar-refractivity contribution is -0.145. The standard InChI is InChI=1S/C26H23NO6S/c1-3-32-24(28)15-27-25(29)23(34-26(27)30)14-17-11-12-21(22(13-17)31-2)33-16-19-9-6-8-18-7-4-5-10-20(18)19/h4-14H,3,15-16H2,1-2H3/b23-14+. The number of hydrogen-bond donors (Lipinski definition) is 0. The molecule has 7 nitrogen and oxygen atoms in total. The molecule has 4 rings (SSSR count). The van der Waals surface area contributed by atoms with Crippen molar-refractivity contribution in [3.05, 3.63) is 76.7 Å². The van der Waals surface area contributed by atoms with Crippen LogP contribution in [-0.2, 0) is 20.9 Å². The van der Waals surface area contributed by atoms with Gasteiger partial charge in [0.2, 0.25) is 0 Å². The Morgan fingerprint density at radius 1 is 1.03 bits per heavy atom. The van der Waals surface area contributed by atoms with Crippen LogP contribution in [0.4, 0.5) is 4.79 Å². The first kappa shape index (κ1) is 23.4. The zero-order chi connectivity index (χ0) is 24.1. The number of carbonyl (C=O) groups excluding carboxylic acids is 3. The Morgan fingerprint density at radius 2 is 1.82 bits per heavy atom. The Hall–Kier alpha value is -3.78. The highest BCUT2D eigenvalue weighted by Crippen LogP contribution is 2.35. The number of fused-ring (bicyclic) bond motifs is 1. The summed E-state index contributed by atoms with van der Waals surface area (Å²) in [6.45, 7) is 1.80. The van der Waals surface area contributed by atoms with Crippen molar-refractivity contribution in [1.82, 2.24) is 4.90 Å². The minimum atomic E-state index is -0.625. The van der Waals surface area contributed by atoms with Crippen LogP contribution in [0, 0.1) is 0 Å². The van der Waals surface area contributed by atoms with E-state index in [1.54, 1.807) is 31.2 Å². The minimum Gasteiger partial charge on any atom is -0.493 e. The number of ether oxygens (including phenoxy) is 3. The van der Waals surface area contributed by atoms with Crippen LogP contribution in [0.3, 0.4) is 0 Å². The van der Waals surface area contributed by atoms with Crippen molar-refractivity contribution in [2.45, 2.75) is 13.5 Å².